The van der Waals surface area contributed by atoms with Crippen LogP contribution in [0.5, 0.6) is 0 Å². The van der Waals surface area contributed by atoms with Crippen molar-refractivity contribution in [2.45, 2.75) is 26.8 Å². The maximum atomic E-state index is 11.3. The van der Waals surface area contributed by atoms with Gasteiger partial charge in [-0.15, -0.1) is 0 Å². The highest BCUT2D eigenvalue weighted by atomic mass is 79.9. The van der Waals surface area contributed by atoms with Crippen LogP contribution < -0.4 is 0 Å². The van der Waals surface area contributed by atoms with E-state index in [1.807, 2.05) is 42.1 Å². The summed E-state index contributed by atoms with van der Waals surface area (Å²) in [6.45, 7) is 6.43. The number of piperidine rings is 1. The van der Waals surface area contributed by atoms with Crippen LogP contribution in [-0.2, 0) is 11.3 Å². The Balaban J connectivity index is 1.75. The Labute approximate surface area is 150 Å². The molecule has 128 valence electrons. The van der Waals surface area contributed by atoms with Crippen LogP contribution in [0.2, 0.25) is 0 Å². The summed E-state index contributed by atoms with van der Waals surface area (Å²) in [5.74, 6) is -0.550. The predicted octanol–water partition coefficient (Wildman–Crippen LogP) is 3.49. The minimum atomic E-state index is -0.686. The molecule has 1 aliphatic rings. The van der Waals surface area contributed by atoms with Crippen molar-refractivity contribution in [1.82, 2.24) is 14.7 Å². The van der Waals surface area contributed by atoms with Crippen molar-refractivity contribution in [3.8, 4) is 5.69 Å². The molecule has 1 saturated heterocycles. The summed E-state index contributed by atoms with van der Waals surface area (Å²) < 4.78 is 2.93. The number of hydrogen-bond donors (Lipinski definition) is 1. The van der Waals surface area contributed by atoms with Gasteiger partial charge in [-0.2, -0.15) is 5.10 Å². The first-order valence-electron chi connectivity index (χ1n) is 8.18. The summed E-state index contributed by atoms with van der Waals surface area (Å²) in [7, 11) is 0. The van der Waals surface area contributed by atoms with Crippen molar-refractivity contribution in [1.29, 1.82) is 0 Å². The zero-order chi connectivity index (χ0) is 17.3. The largest absolute Gasteiger partial charge is 0.481 e. The van der Waals surface area contributed by atoms with Gasteiger partial charge in [0.25, 0.3) is 0 Å². The van der Waals surface area contributed by atoms with Crippen molar-refractivity contribution in [3.05, 3.63) is 46.2 Å². The van der Waals surface area contributed by atoms with E-state index in [1.165, 1.54) is 0 Å². The highest BCUT2D eigenvalue weighted by Gasteiger charge is 2.29. The molecule has 0 spiro atoms. The quantitative estimate of drug-likeness (QED) is 0.866. The van der Waals surface area contributed by atoms with Crippen molar-refractivity contribution < 1.29 is 9.90 Å². The lowest BCUT2D eigenvalue weighted by Gasteiger charge is -2.34. The molecule has 2 heterocycles. The molecule has 1 aromatic carbocycles. The van der Waals surface area contributed by atoms with Gasteiger partial charge >= 0.3 is 5.97 Å². The van der Waals surface area contributed by atoms with Gasteiger partial charge in [0.1, 0.15) is 0 Å². The van der Waals surface area contributed by atoms with E-state index in [0.717, 1.165) is 40.9 Å². The molecule has 24 heavy (non-hydrogen) atoms. The Morgan fingerprint density at radius 1 is 1.33 bits per heavy atom. The Hall–Kier alpha value is -1.66. The van der Waals surface area contributed by atoms with Gasteiger partial charge in [0.05, 0.1) is 17.3 Å². The van der Waals surface area contributed by atoms with Crippen LogP contribution in [-0.4, -0.2) is 38.8 Å². The summed E-state index contributed by atoms with van der Waals surface area (Å²) in [5.41, 5.74) is 3.15. The normalized spacial score (nSPS) is 21.8. The third-order valence-electron chi connectivity index (χ3n) is 4.57. The Morgan fingerprint density at radius 2 is 2.04 bits per heavy atom. The van der Waals surface area contributed by atoms with Gasteiger partial charge in [0.15, 0.2) is 0 Å². The first-order chi connectivity index (χ1) is 11.4. The molecule has 2 atom stereocenters. The second-order valence-electron chi connectivity index (χ2n) is 6.73. The van der Waals surface area contributed by atoms with Crippen molar-refractivity contribution >= 4 is 21.9 Å². The number of likely N-dealkylation sites (tertiary alicyclic amines) is 1. The van der Waals surface area contributed by atoms with Crippen molar-refractivity contribution in [2.75, 3.05) is 13.1 Å². The van der Waals surface area contributed by atoms with Crippen LogP contribution in [0.3, 0.4) is 0 Å². The SMILES string of the molecule is Cc1nn(-c2ccc(Br)cc2)cc1CN1CC(C)CC(C(=O)O)C1. The van der Waals surface area contributed by atoms with Crippen molar-refractivity contribution in [2.24, 2.45) is 11.8 Å². The first-order valence-corrected chi connectivity index (χ1v) is 8.98. The van der Waals surface area contributed by atoms with Gasteiger partial charge in [-0.1, -0.05) is 22.9 Å². The number of hydrogen-bond acceptors (Lipinski definition) is 3. The molecule has 1 fully saturated rings. The number of nitrogens with zero attached hydrogens (tertiary/aromatic N) is 3. The van der Waals surface area contributed by atoms with Gasteiger partial charge in [-0.05, 0) is 43.5 Å². The van der Waals surface area contributed by atoms with Gasteiger partial charge in [-0.25, -0.2) is 4.68 Å². The number of aliphatic carboxylic acids is 1. The molecular formula is C18H22BrN3O2. The average molecular weight is 392 g/mol. The molecule has 2 unspecified atom stereocenters. The van der Waals surface area contributed by atoms with Crippen LogP contribution in [0.4, 0.5) is 0 Å². The molecule has 5 nitrogen and oxygen atoms in total. The fraction of sp³-hybridized carbons (Fsp3) is 0.444. The number of carboxylic acids is 1. The molecule has 0 radical (unpaired) electrons. The Kier molecular flexibility index (Phi) is 5.06. The summed E-state index contributed by atoms with van der Waals surface area (Å²) in [5, 5.41) is 13.9. The fourth-order valence-electron chi connectivity index (χ4n) is 3.39. The third kappa shape index (κ3) is 3.87. The molecule has 0 amide bonds. The molecule has 3 rings (SSSR count). The number of carboxylic acid groups (broad SMARTS) is 1. The van der Waals surface area contributed by atoms with Crippen molar-refractivity contribution in [3.63, 3.8) is 0 Å². The first kappa shape index (κ1) is 17.2. The summed E-state index contributed by atoms with van der Waals surface area (Å²) >= 11 is 3.44. The van der Waals surface area contributed by atoms with Crippen LogP contribution in [0.1, 0.15) is 24.6 Å². The summed E-state index contributed by atoms with van der Waals surface area (Å²) in [6, 6.07) is 8.03. The Morgan fingerprint density at radius 3 is 2.71 bits per heavy atom. The van der Waals surface area contributed by atoms with E-state index in [1.54, 1.807) is 0 Å². The lowest BCUT2D eigenvalue weighted by molar-refractivity contribution is -0.144. The molecule has 6 heteroatoms. The molecule has 0 saturated carbocycles. The number of halogens is 1. The minimum Gasteiger partial charge on any atom is -0.481 e. The van der Waals surface area contributed by atoms with E-state index in [2.05, 4.69) is 32.9 Å². The zero-order valence-electron chi connectivity index (χ0n) is 13.9. The third-order valence-corrected chi connectivity index (χ3v) is 5.10. The van der Waals surface area contributed by atoms with E-state index in [-0.39, 0.29) is 5.92 Å². The minimum absolute atomic E-state index is 0.268. The van der Waals surface area contributed by atoms with E-state index in [9.17, 15) is 9.90 Å². The highest BCUT2D eigenvalue weighted by molar-refractivity contribution is 9.10. The van der Waals surface area contributed by atoms with E-state index in [4.69, 9.17) is 0 Å². The number of aromatic nitrogens is 2. The molecule has 1 aliphatic heterocycles. The molecule has 0 aliphatic carbocycles. The standard InChI is InChI=1S/C18H22BrN3O2/c1-12-7-14(18(23)24)9-21(8-12)10-15-11-22(20-13(15)2)17-5-3-16(19)4-6-17/h3-6,11-12,14H,7-10H2,1-2H3,(H,23,24). The summed E-state index contributed by atoms with van der Waals surface area (Å²) in [4.78, 5) is 13.6. The second kappa shape index (κ2) is 7.07. The maximum absolute atomic E-state index is 11.3. The predicted molar refractivity (Wildman–Crippen MR) is 96.2 cm³/mol. The molecule has 1 N–H and O–H groups in total. The van der Waals surface area contributed by atoms with Gasteiger partial charge in [0, 0.05) is 35.9 Å². The number of carbonyl (C=O) groups is 1. The van der Waals surface area contributed by atoms with E-state index >= 15 is 0 Å². The number of rotatable bonds is 4. The van der Waals surface area contributed by atoms with E-state index < -0.39 is 5.97 Å². The average Bonchev–Trinajstić information content (AvgIpc) is 2.88. The second-order valence-corrected chi connectivity index (χ2v) is 7.65. The van der Waals surface area contributed by atoms with Gasteiger partial charge < -0.3 is 5.11 Å². The summed E-state index contributed by atoms with van der Waals surface area (Å²) in [6.07, 6.45) is 2.82. The molecular weight excluding hydrogens is 370 g/mol. The van der Waals surface area contributed by atoms with Crippen LogP contribution in [0.15, 0.2) is 34.9 Å². The smallest absolute Gasteiger partial charge is 0.307 e. The number of benzene rings is 1. The molecule has 2 aromatic rings. The lowest BCUT2D eigenvalue weighted by atomic mass is 9.90. The Bertz CT molecular complexity index is 726. The zero-order valence-corrected chi connectivity index (χ0v) is 15.5. The highest BCUT2D eigenvalue weighted by Crippen LogP contribution is 2.24. The van der Waals surface area contributed by atoms with Crippen LogP contribution in [0.25, 0.3) is 5.69 Å². The maximum Gasteiger partial charge on any atom is 0.307 e. The van der Waals surface area contributed by atoms with Crippen LogP contribution >= 0.6 is 15.9 Å². The topological polar surface area (TPSA) is 58.4 Å². The number of aryl methyl sites for hydroxylation is 1. The van der Waals surface area contributed by atoms with Gasteiger partial charge in [0.2, 0.25) is 0 Å². The fourth-order valence-corrected chi connectivity index (χ4v) is 3.65. The molecule has 1 aromatic heterocycles. The van der Waals surface area contributed by atoms with Crippen LogP contribution in [0, 0.1) is 18.8 Å². The van der Waals surface area contributed by atoms with E-state index in [0.29, 0.717) is 12.5 Å². The molecule has 0 bridgehead atoms. The van der Waals surface area contributed by atoms with Gasteiger partial charge in [-0.3, -0.25) is 9.69 Å². The lowest BCUT2D eigenvalue weighted by Crippen LogP contribution is -2.42. The monoisotopic (exact) mass is 391 g/mol.